The molecule has 0 saturated heterocycles. The van der Waals surface area contributed by atoms with Gasteiger partial charge in [0, 0.05) is 30.4 Å². The Morgan fingerprint density at radius 1 is 0.939 bits per heavy atom. The highest BCUT2D eigenvalue weighted by atomic mass is 16.5. The predicted octanol–water partition coefficient (Wildman–Crippen LogP) is 5.84. The predicted molar refractivity (Wildman–Crippen MR) is 136 cm³/mol. The van der Waals surface area contributed by atoms with E-state index in [1.54, 1.807) is 36.4 Å². The second-order valence-corrected chi connectivity index (χ2v) is 7.85. The summed E-state index contributed by atoms with van der Waals surface area (Å²) in [6, 6.07) is 12.4. The van der Waals surface area contributed by atoms with Crippen molar-refractivity contribution >= 4 is 29.4 Å². The molecular formula is C28H33NO4. The Hall–Kier alpha value is -3.60. The number of phenolic OH excluding ortho intramolecular Hbond substituents is 1. The first-order valence-corrected chi connectivity index (χ1v) is 11.2. The molecule has 0 unspecified atom stereocenters. The molecule has 0 amide bonds. The molecule has 174 valence electrons. The molecule has 5 nitrogen and oxygen atoms in total. The van der Waals surface area contributed by atoms with Crippen LogP contribution in [0.1, 0.15) is 45.2 Å². The normalized spacial score (nSPS) is 11.0. The number of ether oxygens (including phenoxy) is 1. The number of nitrogens with zero attached hydrogens (tertiary/aromatic N) is 1. The molecule has 0 bridgehead atoms. The quantitative estimate of drug-likeness (QED) is 0.252. The lowest BCUT2D eigenvalue weighted by molar-refractivity contribution is -0.121. The highest BCUT2D eigenvalue weighted by Crippen LogP contribution is 2.27. The van der Waals surface area contributed by atoms with Gasteiger partial charge >= 0.3 is 0 Å². The maximum Gasteiger partial charge on any atom is 0.163 e. The maximum absolute atomic E-state index is 12.3. The van der Waals surface area contributed by atoms with Crippen LogP contribution >= 0.6 is 0 Å². The van der Waals surface area contributed by atoms with E-state index in [1.165, 1.54) is 17.7 Å². The van der Waals surface area contributed by atoms with Gasteiger partial charge in [-0.15, -0.1) is 0 Å². The first-order chi connectivity index (χ1) is 15.8. The Labute approximate surface area is 196 Å². The number of ketones is 2. The third-order valence-electron chi connectivity index (χ3n) is 5.01. The first kappa shape index (κ1) is 25.7. The van der Waals surface area contributed by atoms with Crippen molar-refractivity contribution in [1.29, 1.82) is 0 Å². The molecule has 0 atom stereocenters. The maximum atomic E-state index is 12.3. The van der Waals surface area contributed by atoms with Crippen LogP contribution in [0.25, 0.3) is 12.2 Å². The second kappa shape index (κ2) is 13.1. The van der Waals surface area contributed by atoms with Crippen LogP contribution in [0.4, 0.5) is 5.69 Å². The fraction of sp³-hybridized carbons (Fsp3) is 0.286. The van der Waals surface area contributed by atoms with Gasteiger partial charge in [0.25, 0.3) is 0 Å². The van der Waals surface area contributed by atoms with Crippen LogP contribution in [0.3, 0.4) is 0 Å². The van der Waals surface area contributed by atoms with Gasteiger partial charge < -0.3 is 14.7 Å². The minimum absolute atomic E-state index is 0.160. The Morgan fingerprint density at radius 3 is 2.18 bits per heavy atom. The number of benzene rings is 2. The average molecular weight is 448 g/mol. The number of anilines is 1. The number of aromatic hydroxyl groups is 1. The molecule has 0 radical (unpaired) electrons. The summed E-state index contributed by atoms with van der Waals surface area (Å²) in [6.07, 6.45) is 7.92. The van der Waals surface area contributed by atoms with E-state index >= 15 is 0 Å². The van der Waals surface area contributed by atoms with Crippen molar-refractivity contribution in [2.75, 3.05) is 24.6 Å². The zero-order valence-corrected chi connectivity index (χ0v) is 19.9. The Bertz CT molecular complexity index is 1020. The number of phenols is 1. The summed E-state index contributed by atoms with van der Waals surface area (Å²) in [4.78, 5) is 26.7. The van der Waals surface area contributed by atoms with E-state index in [0.717, 1.165) is 29.9 Å². The zero-order chi connectivity index (χ0) is 24.2. The number of hydrogen-bond donors (Lipinski definition) is 1. The molecule has 0 spiro atoms. The van der Waals surface area contributed by atoms with E-state index in [0.29, 0.717) is 12.4 Å². The molecule has 5 heteroatoms. The summed E-state index contributed by atoms with van der Waals surface area (Å²) in [5.41, 5.74) is 3.79. The van der Waals surface area contributed by atoms with Crippen molar-refractivity contribution in [2.45, 2.75) is 34.1 Å². The monoisotopic (exact) mass is 447 g/mol. The summed E-state index contributed by atoms with van der Waals surface area (Å²) in [5.74, 6) is 0.292. The van der Waals surface area contributed by atoms with Gasteiger partial charge in [0.05, 0.1) is 6.42 Å². The lowest BCUT2D eigenvalue weighted by atomic mass is 10.1. The minimum atomic E-state index is -0.283. The fourth-order valence-electron chi connectivity index (χ4n) is 3.12. The molecular weight excluding hydrogens is 414 g/mol. The van der Waals surface area contributed by atoms with Gasteiger partial charge in [0.1, 0.15) is 18.1 Å². The van der Waals surface area contributed by atoms with Gasteiger partial charge in [-0.2, -0.15) is 0 Å². The van der Waals surface area contributed by atoms with Crippen LogP contribution < -0.4 is 9.64 Å². The van der Waals surface area contributed by atoms with Crippen molar-refractivity contribution in [2.24, 2.45) is 0 Å². The SMILES string of the molecule is CCN(CC)c1ccc(/C=C/C(=O)CC(=O)/C=C/c2ccc(O)cc2)c(OCC=C(C)C)c1. The number of hydrogen-bond acceptors (Lipinski definition) is 5. The lowest BCUT2D eigenvalue weighted by Crippen LogP contribution is -2.21. The number of carbonyl (C=O) groups excluding carboxylic acids is 2. The van der Waals surface area contributed by atoms with E-state index in [4.69, 9.17) is 4.74 Å². The van der Waals surface area contributed by atoms with Gasteiger partial charge in [-0.3, -0.25) is 9.59 Å². The Kier molecular flexibility index (Phi) is 10.2. The highest BCUT2D eigenvalue weighted by Gasteiger charge is 2.09. The van der Waals surface area contributed by atoms with Crippen LogP contribution in [-0.2, 0) is 9.59 Å². The molecule has 2 aromatic carbocycles. The van der Waals surface area contributed by atoms with Crippen LogP contribution in [0, 0.1) is 0 Å². The van der Waals surface area contributed by atoms with E-state index < -0.39 is 0 Å². The topological polar surface area (TPSA) is 66.8 Å². The van der Waals surface area contributed by atoms with E-state index in [9.17, 15) is 14.7 Å². The summed E-state index contributed by atoms with van der Waals surface area (Å²) in [5, 5.41) is 9.31. The summed E-state index contributed by atoms with van der Waals surface area (Å²) in [6.45, 7) is 10.5. The van der Waals surface area contributed by atoms with Gasteiger partial charge in [-0.05, 0) is 81.8 Å². The number of rotatable bonds is 12. The van der Waals surface area contributed by atoms with E-state index in [-0.39, 0.29) is 23.7 Å². The lowest BCUT2D eigenvalue weighted by Gasteiger charge is -2.22. The molecule has 2 aromatic rings. The van der Waals surface area contributed by atoms with E-state index in [1.807, 2.05) is 38.1 Å². The highest BCUT2D eigenvalue weighted by molar-refractivity contribution is 6.11. The summed E-state index contributed by atoms with van der Waals surface area (Å²) in [7, 11) is 0. The molecule has 2 rings (SSSR count). The summed E-state index contributed by atoms with van der Waals surface area (Å²) < 4.78 is 5.98. The molecule has 0 saturated carbocycles. The van der Waals surface area contributed by atoms with Crippen LogP contribution in [0.5, 0.6) is 11.5 Å². The Balaban J connectivity index is 2.10. The van der Waals surface area contributed by atoms with Crippen LogP contribution in [0.15, 0.2) is 66.3 Å². The van der Waals surface area contributed by atoms with Crippen molar-refractivity contribution in [3.63, 3.8) is 0 Å². The third kappa shape index (κ3) is 8.81. The molecule has 1 N–H and O–H groups in total. The summed E-state index contributed by atoms with van der Waals surface area (Å²) >= 11 is 0. The standard InChI is InChI=1S/C28H33NO4/c1-5-29(6-2)24-12-10-23(28(19-24)33-18-17-21(3)4)11-16-27(32)20-26(31)15-9-22-7-13-25(30)14-8-22/h7-17,19,30H,5-6,18,20H2,1-4H3/b15-9+,16-11+. The molecule has 0 aliphatic rings. The Morgan fingerprint density at radius 2 is 1.58 bits per heavy atom. The second-order valence-electron chi connectivity index (χ2n) is 7.85. The van der Waals surface area contributed by atoms with Gasteiger partial charge in [-0.25, -0.2) is 0 Å². The largest absolute Gasteiger partial charge is 0.508 e. The van der Waals surface area contributed by atoms with Gasteiger partial charge in [-0.1, -0.05) is 23.8 Å². The van der Waals surface area contributed by atoms with Crippen molar-refractivity contribution in [1.82, 2.24) is 0 Å². The van der Waals surface area contributed by atoms with Crippen LogP contribution in [-0.4, -0.2) is 36.4 Å². The number of carbonyl (C=O) groups is 2. The van der Waals surface area contributed by atoms with Gasteiger partial charge in [0.15, 0.2) is 11.6 Å². The zero-order valence-electron chi connectivity index (χ0n) is 19.9. The van der Waals surface area contributed by atoms with Crippen molar-refractivity contribution in [3.8, 4) is 11.5 Å². The molecule has 0 aliphatic heterocycles. The third-order valence-corrected chi connectivity index (χ3v) is 5.01. The van der Waals surface area contributed by atoms with Crippen molar-refractivity contribution in [3.05, 3.63) is 77.4 Å². The number of allylic oxidation sites excluding steroid dienone is 3. The van der Waals surface area contributed by atoms with Crippen molar-refractivity contribution < 1.29 is 19.4 Å². The first-order valence-electron chi connectivity index (χ1n) is 11.2. The molecule has 0 fully saturated rings. The smallest absolute Gasteiger partial charge is 0.163 e. The molecule has 0 aromatic heterocycles. The minimum Gasteiger partial charge on any atom is -0.508 e. The molecule has 0 aliphatic carbocycles. The molecule has 0 heterocycles. The van der Waals surface area contributed by atoms with E-state index in [2.05, 4.69) is 18.7 Å². The molecule has 33 heavy (non-hydrogen) atoms. The van der Waals surface area contributed by atoms with Gasteiger partial charge in [0.2, 0.25) is 0 Å². The van der Waals surface area contributed by atoms with Crippen LogP contribution in [0.2, 0.25) is 0 Å². The average Bonchev–Trinajstić information content (AvgIpc) is 2.78. The fourth-order valence-corrected chi connectivity index (χ4v) is 3.12.